The first kappa shape index (κ1) is 11.4. The van der Waals surface area contributed by atoms with E-state index in [4.69, 9.17) is 4.74 Å². The average molecular weight is 252 g/mol. The predicted octanol–water partition coefficient (Wildman–Crippen LogP) is 3.67. The van der Waals surface area contributed by atoms with Gasteiger partial charge in [-0.3, -0.25) is 4.79 Å². The Labute approximate surface area is 103 Å². The molecule has 0 spiro atoms. The van der Waals surface area contributed by atoms with E-state index in [0.717, 1.165) is 21.1 Å². The molecule has 84 valence electrons. The number of ketones is 1. The van der Waals surface area contributed by atoms with Crippen LogP contribution in [0.3, 0.4) is 0 Å². The molecular weight excluding hydrogens is 240 g/mol. The first-order valence-corrected chi connectivity index (χ1v) is 6.55. The first-order valence-electron chi connectivity index (χ1n) is 4.86. The summed E-state index contributed by atoms with van der Waals surface area (Å²) < 4.78 is 5.08. The van der Waals surface area contributed by atoms with Gasteiger partial charge in [0.15, 0.2) is 0 Å². The fraction of sp³-hybridized carbons (Fsp3) is 0.250. The minimum absolute atomic E-state index is 0.0927. The molecular formula is C12H12O2S2. The summed E-state index contributed by atoms with van der Waals surface area (Å²) in [5, 5.41) is 1.85. The van der Waals surface area contributed by atoms with Gasteiger partial charge in [0.05, 0.1) is 12.0 Å². The van der Waals surface area contributed by atoms with Crippen molar-refractivity contribution >= 4 is 28.5 Å². The minimum Gasteiger partial charge on any atom is -0.496 e. The second-order valence-electron chi connectivity index (χ2n) is 3.51. The predicted molar refractivity (Wildman–Crippen MR) is 68.1 cm³/mol. The lowest BCUT2D eigenvalue weighted by Crippen LogP contribution is -1.98. The number of carbonyl (C=O) groups is 1. The van der Waals surface area contributed by atoms with Crippen LogP contribution in [0.5, 0.6) is 5.75 Å². The van der Waals surface area contributed by atoms with Crippen LogP contribution in [0.2, 0.25) is 0 Å². The molecule has 2 heterocycles. The fourth-order valence-electron chi connectivity index (χ4n) is 1.53. The van der Waals surface area contributed by atoms with E-state index in [-0.39, 0.29) is 5.78 Å². The van der Waals surface area contributed by atoms with Crippen LogP contribution >= 0.6 is 22.7 Å². The zero-order valence-corrected chi connectivity index (χ0v) is 11.0. The number of ether oxygens (including phenoxy) is 1. The monoisotopic (exact) mass is 252 g/mol. The number of hydrogen-bond acceptors (Lipinski definition) is 4. The van der Waals surface area contributed by atoms with E-state index < -0.39 is 0 Å². The number of rotatable bonds is 3. The van der Waals surface area contributed by atoms with Gasteiger partial charge in [-0.2, -0.15) is 0 Å². The lowest BCUT2D eigenvalue weighted by Gasteiger charge is -1.95. The number of methoxy groups -OCH3 is 1. The van der Waals surface area contributed by atoms with Crippen molar-refractivity contribution in [2.75, 3.05) is 7.11 Å². The van der Waals surface area contributed by atoms with Crippen molar-refractivity contribution in [3.63, 3.8) is 0 Å². The number of hydrogen-bond donors (Lipinski definition) is 0. The summed E-state index contributed by atoms with van der Waals surface area (Å²) in [7, 11) is 1.61. The van der Waals surface area contributed by atoms with Crippen LogP contribution < -0.4 is 4.74 Å². The SMILES string of the molecule is COc1csc(C(=O)c2cc(C)sc2C)c1. The number of aryl methyl sites for hydroxylation is 2. The highest BCUT2D eigenvalue weighted by Crippen LogP contribution is 2.28. The third-order valence-electron chi connectivity index (χ3n) is 2.32. The minimum atomic E-state index is 0.0927. The third kappa shape index (κ3) is 2.03. The van der Waals surface area contributed by atoms with Crippen LogP contribution in [-0.4, -0.2) is 12.9 Å². The van der Waals surface area contributed by atoms with Gasteiger partial charge in [0.2, 0.25) is 5.78 Å². The Morgan fingerprint density at radius 2 is 2.06 bits per heavy atom. The molecule has 2 aromatic rings. The van der Waals surface area contributed by atoms with Crippen LogP contribution in [0, 0.1) is 13.8 Å². The second-order valence-corrected chi connectivity index (χ2v) is 5.88. The summed E-state index contributed by atoms with van der Waals surface area (Å²) in [6.45, 7) is 4.00. The lowest BCUT2D eigenvalue weighted by molar-refractivity contribution is 0.104. The maximum Gasteiger partial charge on any atom is 0.204 e. The Morgan fingerprint density at radius 1 is 1.31 bits per heavy atom. The van der Waals surface area contributed by atoms with Gasteiger partial charge in [0, 0.05) is 26.8 Å². The number of thiophene rings is 2. The van der Waals surface area contributed by atoms with E-state index in [2.05, 4.69) is 0 Å². The van der Waals surface area contributed by atoms with E-state index in [1.54, 1.807) is 24.5 Å². The Balaban J connectivity index is 2.35. The van der Waals surface area contributed by atoms with Gasteiger partial charge in [-0.05, 0) is 19.9 Å². The largest absolute Gasteiger partial charge is 0.496 e. The van der Waals surface area contributed by atoms with Crippen molar-refractivity contribution in [2.45, 2.75) is 13.8 Å². The summed E-state index contributed by atoms with van der Waals surface area (Å²) in [4.78, 5) is 15.2. The van der Waals surface area contributed by atoms with Crippen LogP contribution in [0.15, 0.2) is 17.5 Å². The Bertz CT molecular complexity index is 523. The summed E-state index contributed by atoms with van der Waals surface area (Å²) >= 11 is 3.08. The van der Waals surface area contributed by atoms with Crippen LogP contribution in [0.4, 0.5) is 0 Å². The quantitative estimate of drug-likeness (QED) is 0.779. The van der Waals surface area contributed by atoms with Crippen LogP contribution in [-0.2, 0) is 0 Å². The molecule has 0 aliphatic rings. The maximum absolute atomic E-state index is 12.2. The third-order valence-corrected chi connectivity index (χ3v) is 4.19. The Hall–Kier alpha value is -1.13. The molecule has 0 saturated heterocycles. The summed E-state index contributed by atoms with van der Waals surface area (Å²) in [5.41, 5.74) is 0.812. The molecule has 2 aromatic heterocycles. The second kappa shape index (κ2) is 4.39. The first-order chi connectivity index (χ1) is 7.61. The molecule has 2 rings (SSSR count). The highest BCUT2D eigenvalue weighted by Gasteiger charge is 2.16. The van der Waals surface area contributed by atoms with E-state index in [0.29, 0.717) is 0 Å². The van der Waals surface area contributed by atoms with Crippen molar-refractivity contribution in [2.24, 2.45) is 0 Å². The van der Waals surface area contributed by atoms with Crippen molar-refractivity contribution < 1.29 is 9.53 Å². The van der Waals surface area contributed by atoms with Gasteiger partial charge in [-0.15, -0.1) is 22.7 Å². The molecule has 0 aromatic carbocycles. The normalized spacial score (nSPS) is 10.4. The molecule has 0 saturated carbocycles. The Kier molecular flexibility index (Phi) is 3.12. The topological polar surface area (TPSA) is 26.3 Å². The molecule has 16 heavy (non-hydrogen) atoms. The van der Waals surface area contributed by atoms with Gasteiger partial charge in [-0.1, -0.05) is 0 Å². The molecule has 0 atom stereocenters. The molecule has 0 aliphatic heterocycles. The van der Waals surface area contributed by atoms with Gasteiger partial charge in [0.25, 0.3) is 0 Å². The van der Waals surface area contributed by atoms with Gasteiger partial charge in [0.1, 0.15) is 5.75 Å². The summed E-state index contributed by atoms with van der Waals surface area (Å²) in [5.74, 6) is 0.841. The Morgan fingerprint density at radius 3 is 2.56 bits per heavy atom. The van der Waals surface area contributed by atoms with Crippen molar-refractivity contribution in [1.29, 1.82) is 0 Å². The molecule has 0 unspecified atom stereocenters. The van der Waals surface area contributed by atoms with Crippen LogP contribution in [0.25, 0.3) is 0 Å². The molecule has 0 N–H and O–H groups in total. The summed E-state index contributed by atoms with van der Waals surface area (Å²) in [6, 6.07) is 3.74. The van der Waals surface area contributed by atoms with E-state index in [1.165, 1.54) is 16.2 Å². The zero-order valence-electron chi connectivity index (χ0n) is 9.37. The summed E-state index contributed by atoms with van der Waals surface area (Å²) in [6.07, 6.45) is 0. The molecule has 0 amide bonds. The molecule has 0 aliphatic carbocycles. The highest BCUT2D eigenvalue weighted by molar-refractivity contribution is 7.13. The molecule has 4 heteroatoms. The number of carbonyl (C=O) groups excluding carboxylic acids is 1. The standard InChI is InChI=1S/C12H12O2S2/c1-7-4-10(8(2)16-7)12(13)11-5-9(14-3)6-15-11/h4-6H,1-3H3. The van der Waals surface area contributed by atoms with E-state index in [1.807, 2.05) is 25.3 Å². The van der Waals surface area contributed by atoms with Crippen molar-refractivity contribution in [1.82, 2.24) is 0 Å². The smallest absolute Gasteiger partial charge is 0.204 e. The van der Waals surface area contributed by atoms with Crippen molar-refractivity contribution in [3.8, 4) is 5.75 Å². The fourth-order valence-corrected chi connectivity index (χ4v) is 3.26. The lowest BCUT2D eigenvalue weighted by atomic mass is 10.1. The van der Waals surface area contributed by atoms with Gasteiger partial charge >= 0.3 is 0 Å². The average Bonchev–Trinajstić information content (AvgIpc) is 2.84. The van der Waals surface area contributed by atoms with E-state index >= 15 is 0 Å². The van der Waals surface area contributed by atoms with Crippen LogP contribution in [0.1, 0.15) is 25.0 Å². The molecule has 2 nitrogen and oxygen atoms in total. The molecule has 0 bridgehead atoms. The zero-order chi connectivity index (χ0) is 11.7. The van der Waals surface area contributed by atoms with Gasteiger partial charge in [-0.25, -0.2) is 0 Å². The highest BCUT2D eigenvalue weighted by atomic mass is 32.1. The molecule has 0 radical (unpaired) electrons. The van der Waals surface area contributed by atoms with Gasteiger partial charge < -0.3 is 4.74 Å². The van der Waals surface area contributed by atoms with Crippen molar-refractivity contribution in [3.05, 3.63) is 37.7 Å². The van der Waals surface area contributed by atoms with E-state index in [9.17, 15) is 4.79 Å². The molecule has 0 fully saturated rings. The maximum atomic E-state index is 12.2.